The molecule has 6 heteroatoms. The Balaban J connectivity index is 2.49. The maximum atomic E-state index is 13.5. The van der Waals surface area contributed by atoms with Crippen molar-refractivity contribution >= 4 is 44.9 Å². The first-order valence-corrected chi connectivity index (χ1v) is 7.61. The fraction of sp³-hybridized carbons (Fsp3) is 0.133. The van der Waals surface area contributed by atoms with Crippen LogP contribution in [0, 0.1) is 5.82 Å². The van der Waals surface area contributed by atoms with E-state index in [1.54, 1.807) is 0 Å². The van der Waals surface area contributed by atoms with Crippen molar-refractivity contribution in [2.24, 2.45) is 0 Å². The summed E-state index contributed by atoms with van der Waals surface area (Å²) in [6, 6.07) is 7.13. The highest BCUT2D eigenvalue weighted by atomic mass is 79.9. The summed E-state index contributed by atoms with van der Waals surface area (Å²) < 4.78 is 18.9. The molecule has 0 fully saturated rings. The number of hydrogen-bond acceptors (Lipinski definition) is 2. The summed E-state index contributed by atoms with van der Waals surface area (Å²) in [4.78, 5) is 12.5. The minimum Gasteiger partial charge on any atom is -0.492 e. The summed E-state index contributed by atoms with van der Waals surface area (Å²) in [6.07, 6.45) is 0. The summed E-state index contributed by atoms with van der Waals surface area (Å²) in [5.74, 6) is -0.538. The lowest BCUT2D eigenvalue weighted by Crippen LogP contribution is -2.05. The van der Waals surface area contributed by atoms with Crippen LogP contribution in [0.3, 0.4) is 0 Å². The molecule has 2 aromatic carbocycles. The van der Waals surface area contributed by atoms with Gasteiger partial charge in [0.25, 0.3) is 0 Å². The zero-order valence-corrected chi connectivity index (χ0v) is 14.0. The minimum atomic E-state index is -0.519. The molecule has 0 aromatic heterocycles. The molecule has 21 heavy (non-hydrogen) atoms. The van der Waals surface area contributed by atoms with E-state index in [0.717, 1.165) is 0 Å². The molecule has 0 unspecified atom stereocenters. The number of carbonyl (C=O) groups is 1. The second-order valence-electron chi connectivity index (χ2n) is 4.13. The Morgan fingerprint density at radius 2 is 1.95 bits per heavy atom. The molecular formula is C15H10BrCl2FO2. The van der Waals surface area contributed by atoms with Crippen molar-refractivity contribution in [3.05, 3.63) is 61.8 Å². The highest BCUT2D eigenvalue weighted by Gasteiger charge is 2.19. The number of benzene rings is 2. The van der Waals surface area contributed by atoms with E-state index in [-0.39, 0.29) is 25.6 Å². The number of hydrogen-bond donors (Lipinski definition) is 0. The van der Waals surface area contributed by atoms with Crippen molar-refractivity contribution in [3.8, 4) is 5.75 Å². The van der Waals surface area contributed by atoms with Crippen LogP contribution >= 0.6 is 39.1 Å². The van der Waals surface area contributed by atoms with Crippen LogP contribution in [0.15, 0.2) is 34.8 Å². The van der Waals surface area contributed by atoms with Crippen molar-refractivity contribution in [3.63, 3.8) is 0 Å². The fourth-order valence-electron chi connectivity index (χ4n) is 1.79. The van der Waals surface area contributed by atoms with Crippen LogP contribution in [0.1, 0.15) is 22.8 Å². The topological polar surface area (TPSA) is 26.3 Å². The van der Waals surface area contributed by atoms with Gasteiger partial charge in [0.05, 0.1) is 21.1 Å². The summed E-state index contributed by atoms with van der Waals surface area (Å²) in [5, 5.41) is 0.473. The Morgan fingerprint density at radius 3 is 2.62 bits per heavy atom. The molecule has 0 aliphatic carbocycles. The van der Waals surface area contributed by atoms with Gasteiger partial charge in [-0.2, -0.15) is 0 Å². The van der Waals surface area contributed by atoms with Gasteiger partial charge in [-0.3, -0.25) is 4.79 Å². The van der Waals surface area contributed by atoms with Crippen LogP contribution in [-0.4, -0.2) is 12.4 Å². The zero-order chi connectivity index (χ0) is 15.6. The van der Waals surface area contributed by atoms with Crippen LogP contribution in [0.25, 0.3) is 0 Å². The van der Waals surface area contributed by atoms with Gasteiger partial charge in [-0.05, 0) is 41.1 Å². The normalized spacial score (nSPS) is 10.5. The quantitative estimate of drug-likeness (QED) is 0.641. The van der Waals surface area contributed by atoms with Crippen LogP contribution in [0.5, 0.6) is 5.75 Å². The summed E-state index contributed by atoms with van der Waals surface area (Å²) in [6.45, 7) is 2.24. The highest BCUT2D eigenvalue weighted by molar-refractivity contribution is 9.10. The fourth-order valence-corrected chi connectivity index (χ4v) is 2.70. The van der Waals surface area contributed by atoms with Gasteiger partial charge < -0.3 is 4.74 Å². The lowest BCUT2D eigenvalue weighted by molar-refractivity contribution is 0.103. The van der Waals surface area contributed by atoms with E-state index in [9.17, 15) is 9.18 Å². The van der Waals surface area contributed by atoms with Crippen molar-refractivity contribution < 1.29 is 13.9 Å². The SMILES string of the molecule is CCOc1cc(Cl)c(C(=O)c2cccc(F)c2Br)cc1Cl. The third-order valence-corrected chi connectivity index (χ3v) is 4.18. The maximum absolute atomic E-state index is 13.5. The Labute approximate surface area is 139 Å². The predicted molar refractivity (Wildman–Crippen MR) is 85.2 cm³/mol. The van der Waals surface area contributed by atoms with E-state index in [4.69, 9.17) is 27.9 Å². The van der Waals surface area contributed by atoms with E-state index in [1.807, 2.05) is 6.92 Å². The molecule has 0 bridgehead atoms. The molecule has 0 heterocycles. The number of ketones is 1. The highest BCUT2D eigenvalue weighted by Crippen LogP contribution is 2.33. The molecule has 0 spiro atoms. The van der Waals surface area contributed by atoms with Gasteiger partial charge in [0.15, 0.2) is 5.78 Å². The molecule has 0 saturated carbocycles. The van der Waals surface area contributed by atoms with Gasteiger partial charge >= 0.3 is 0 Å². The monoisotopic (exact) mass is 390 g/mol. The molecule has 0 aliphatic heterocycles. The predicted octanol–water partition coefficient (Wildman–Crippen LogP) is 5.52. The average molecular weight is 392 g/mol. The summed E-state index contributed by atoms with van der Waals surface area (Å²) in [5.41, 5.74) is 0.369. The van der Waals surface area contributed by atoms with Crippen LogP contribution < -0.4 is 4.74 Å². The third-order valence-electron chi connectivity index (χ3n) is 2.76. The van der Waals surface area contributed by atoms with Gasteiger partial charge in [0.1, 0.15) is 11.6 Å². The Hall–Kier alpha value is -1.10. The molecule has 0 aliphatic rings. The standard InChI is InChI=1S/C15H10BrCl2FO2/c1-2-21-13-7-10(17)9(6-11(13)18)15(20)8-4-3-5-12(19)14(8)16/h3-7H,2H2,1H3. The average Bonchev–Trinajstić information content (AvgIpc) is 2.45. The minimum absolute atomic E-state index is 0.0936. The smallest absolute Gasteiger partial charge is 0.195 e. The molecule has 0 saturated heterocycles. The van der Waals surface area contributed by atoms with Crippen molar-refractivity contribution in [1.82, 2.24) is 0 Å². The molecule has 0 amide bonds. The van der Waals surface area contributed by atoms with E-state index >= 15 is 0 Å². The van der Waals surface area contributed by atoms with Crippen molar-refractivity contribution in [1.29, 1.82) is 0 Å². The number of rotatable bonds is 4. The lowest BCUT2D eigenvalue weighted by Gasteiger charge is -2.10. The largest absolute Gasteiger partial charge is 0.492 e. The number of carbonyl (C=O) groups excluding carboxylic acids is 1. The molecular weight excluding hydrogens is 382 g/mol. The molecule has 2 rings (SSSR count). The van der Waals surface area contributed by atoms with Gasteiger partial charge in [-0.25, -0.2) is 4.39 Å². The molecule has 110 valence electrons. The Bertz CT molecular complexity index is 704. The molecule has 2 nitrogen and oxygen atoms in total. The molecule has 0 atom stereocenters. The second kappa shape index (κ2) is 6.77. The van der Waals surface area contributed by atoms with Crippen molar-refractivity contribution in [2.45, 2.75) is 6.92 Å². The van der Waals surface area contributed by atoms with Crippen LogP contribution in [0.4, 0.5) is 4.39 Å². The van der Waals surface area contributed by atoms with E-state index < -0.39 is 11.6 Å². The molecule has 0 radical (unpaired) electrons. The number of halogens is 4. The maximum Gasteiger partial charge on any atom is 0.195 e. The van der Waals surface area contributed by atoms with Crippen LogP contribution in [0.2, 0.25) is 10.0 Å². The summed E-state index contributed by atoms with van der Waals surface area (Å²) in [7, 11) is 0. The first-order chi connectivity index (χ1) is 9.95. The van der Waals surface area contributed by atoms with Gasteiger partial charge in [0, 0.05) is 17.2 Å². The zero-order valence-electron chi connectivity index (χ0n) is 10.9. The molecule has 0 N–H and O–H groups in total. The van der Waals surface area contributed by atoms with Gasteiger partial charge in [-0.15, -0.1) is 0 Å². The van der Waals surface area contributed by atoms with E-state index in [1.165, 1.54) is 30.3 Å². The first kappa shape index (κ1) is 16.3. The Morgan fingerprint density at radius 1 is 1.24 bits per heavy atom. The van der Waals surface area contributed by atoms with Crippen molar-refractivity contribution in [2.75, 3.05) is 6.61 Å². The lowest BCUT2D eigenvalue weighted by atomic mass is 10.0. The Kier molecular flexibility index (Phi) is 5.25. The second-order valence-corrected chi connectivity index (χ2v) is 5.73. The number of ether oxygens (including phenoxy) is 1. The van der Waals surface area contributed by atoms with Gasteiger partial charge in [0.2, 0.25) is 0 Å². The van der Waals surface area contributed by atoms with E-state index in [2.05, 4.69) is 15.9 Å². The van der Waals surface area contributed by atoms with Crippen LogP contribution in [-0.2, 0) is 0 Å². The van der Waals surface area contributed by atoms with Gasteiger partial charge in [-0.1, -0.05) is 29.3 Å². The molecule has 2 aromatic rings. The third kappa shape index (κ3) is 3.39. The van der Waals surface area contributed by atoms with E-state index in [0.29, 0.717) is 12.4 Å². The first-order valence-electron chi connectivity index (χ1n) is 6.06. The summed E-state index contributed by atoms with van der Waals surface area (Å²) >= 11 is 15.2.